The average molecular weight is 428 g/mol. The number of aromatic nitrogens is 1. The topological polar surface area (TPSA) is 78.7 Å². The summed E-state index contributed by atoms with van der Waals surface area (Å²) < 4.78 is 27.8. The molecule has 3 aromatic rings. The van der Waals surface area contributed by atoms with Gasteiger partial charge in [-0.25, -0.2) is 12.7 Å². The van der Waals surface area contributed by atoms with Gasteiger partial charge in [-0.1, -0.05) is 30.3 Å². The van der Waals surface area contributed by atoms with Crippen molar-refractivity contribution in [1.82, 2.24) is 19.5 Å². The molecule has 0 radical (unpaired) electrons. The van der Waals surface area contributed by atoms with Gasteiger partial charge in [0.25, 0.3) is 0 Å². The summed E-state index contributed by atoms with van der Waals surface area (Å²) in [5.41, 5.74) is 2.23. The number of rotatable bonds is 8. The third-order valence-electron chi connectivity index (χ3n) is 4.93. The number of hydrogen-bond acceptors (Lipinski definition) is 3. The van der Waals surface area contributed by atoms with E-state index in [1.165, 1.54) is 29.3 Å². The van der Waals surface area contributed by atoms with Crippen molar-refractivity contribution in [1.29, 1.82) is 0 Å². The Morgan fingerprint density at radius 2 is 1.77 bits per heavy atom. The van der Waals surface area contributed by atoms with Gasteiger partial charge in [0.2, 0.25) is 10.0 Å². The van der Waals surface area contributed by atoms with Crippen LogP contribution in [0.2, 0.25) is 0 Å². The van der Waals surface area contributed by atoms with Crippen molar-refractivity contribution in [3.8, 4) is 0 Å². The van der Waals surface area contributed by atoms with E-state index in [0.717, 1.165) is 31.0 Å². The molecule has 0 amide bonds. The van der Waals surface area contributed by atoms with Gasteiger partial charge >= 0.3 is 0 Å². The molecule has 30 heavy (non-hydrogen) atoms. The van der Waals surface area contributed by atoms with Crippen LogP contribution in [-0.4, -0.2) is 50.9 Å². The normalized spacial score (nSPS) is 12.5. The SMILES string of the molecule is CN=C(NCCCn1ccc2ccccc21)NCc1ccc(S(=O)(=O)N(C)C)cc1. The lowest BCUT2D eigenvalue weighted by Gasteiger charge is -2.14. The average Bonchev–Trinajstić information content (AvgIpc) is 3.16. The number of fused-ring (bicyclic) bond motifs is 1. The molecule has 1 aromatic heterocycles. The standard InChI is InChI=1S/C22H29N5O2S/c1-23-22(24-14-6-15-27-16-13-19-7-4-5-8-21(19)27)25-17-18-9-11-20(12-10-18)30(28,29)26(2)3/h4-5,7-13,16H,6,14-15,17H2,1-3H3,(H2,23,24,25). The van der Waals surface area contributed by atoms with Crippen LogP contribution in [0.25, 0.3) is 10.9 Å². The lowest BCUT2D eigenvalue weighted by molar-refractivity contribution is 0.520. The van der Waals surface area contributed by atoms with Crippen LogP contribution in [-0.2, 0) is 23.1 Å². The molecule has 0 aliphatic heterocycles. The first-order valence-electron chi connectivity index (χ1n) is 9.91. The number of nitrogens with zero attached hydrogens (tertiary/aromatic N) is 3. The van der Waals surface area contributed by atoms with Gasteiger partial charge < -0.3 is 15.2 Å². The molecule has 3 rings (SSSR count). The molecule has 0 unspecified atom stereocenters. The molecule has 2 N–H and O–H groups in total. The maximum absolute atomic E-state index is 12.1. The summed E-state index contributed by atoms with van der Waals surface area (Å²) in [6.45, 7) is 2.29. The fourth-order valence-electron chi connectivity index (χ4n) is 3.19. The van der Waals surface area contributed by atoms with Crippen molar-refractivity contribution in [2.24, 2.45) is 4.99 Å². The van der Waals surface area contributed by atoms with Crippen LogP contribution in [0, 0.1) is 0 Å². The summed E-state index contributed by atoms with van der Waals surface area (Å²) in [6, 6.07) is 17.4. The van der Waals surface area contributed by atoms with E-state index < -0.39 is 10.0 Å². The van der Waals surface area contributed by atoms with Crippen LogP contribution >= 0.6 is 0 Å². The minimum absolute atomic E-state index is 0.288. The molecule has 0 saturated carbocycles. The Bertz CT molecular complexity index is 1100. The number of nitrogens with one attached hydrogen (secondary N) is 2. The molecule has 2 aromatic carbocycles. The van der Waals surface area contributed by atoms with Gasteiger partial charge in [0.15, 0.2) is 5.96 Å². The quantitative estimate of drug-likeness (QED) is 0.329. The van der Waals surface area contributed by atoms with Crippen LogP contribution in [0.4, 0.5) is 0 Å². The number of guanidine groups is 1. The van der Waals surface area contributed by atoms with Crippen molar-refractivity contribution >= 4 is 26.9 Å². The molecule has 0 fully saturated rings. The zero-order chi connectivity index (χ0) is 21.6. The number of sulfonamides is 1. The molecular formula is C22H29N5O2S. The molecule has 0 atom stereocenters. The monoisotopic (exact) mass is 427 g/mol. The maximum atomic E-state index is 12.1. The highest BCUT2D eigenvalue weighted by Gasteiger charge is 2.16. The Kier molecular flexibility index (Phi) is 7.12. The van der Waals surface area contributed by atoms with Crippen LogP contribution < -0.4 is 10.6 Å². The zero-order valence-corrected chi connectivity index (χ0v) is 18.5. The Balaban J connectivity index is 1.46. The zero-order valence-electron chi connectivity index (χ0n) is 17.7. The molecule has 7 nitrogen and oxygen atoms in total. The van der Waals surface area contributed by atoms with Crippen LogP contribution in [0.3, 0.4) is 0 Å². The van der Waals surface area contributed by atoms with Crippen molar-refractivity contribution in [3.63, 3.8) is 0 Å². The molecule has 0 saturated heterocycles. The largest absolute Gasteiger partial charge is 0.356 e. The lowest BCUT2D eigenvalue weighted by Crippen LogP contribution is -2.37. The number of para-hydroxylation sites is 1. The summed E-state index contributed by atoms with van der Waals surface area (Å²) in [6.07, 6.45) is 3.09. The molecule has 160 valence electrons. The van der Waals surface area contributed by atoms with Crippen molar-refractivity contribution < 1.29 is 8.42 Å². The van der Waals surface area contributed by atoms with Crippen LogP contribution in [0.1, 0.15) is 12.0 Å². The molecular weight excluding hydrogens is 398 g/mol. The number of hydrogen-bond donors (Lipinski definition) is 2. The van der Waals surface area contributed by atoms with E-state index in [9.17, 15) is 8.42 Å². The van der Waals surface area contributed by atoms with Gasteiger partial charge in [0, 0.05) is 52.5 Å². The Hall–Kier alpha value is -2.84. The van der Waals surface area contributed by atoms with E-state index in [1.807, 2.05) is 12.1 Å². The molecule has 0 aliphatic carbocycles. The van der Waals surface area contributed by atoms with Gasteiger partial charge in [0.05, 0.1) is 4.90 Å². The van der Waals surface area contributed by atoms with Gasteiger partial charge in [-0.05, 0) is 41.6 Å². The second-order valence-electron chi connectivity index (χ2n) is 7.21. The van der Waals surface area contributed by atoms with Crippen molar-refractivity contribution in [2.45, 2.75) is 24.4 Å². The van der Waals surface area contributed by atoms with E-state index >= 15 is 0 Å². The summed E-state index contributed by atoms with van der Waals surface area (Å²) in [4.78, 5) is 4.54. The van der Waals surface area contributed by atoms with E-state index in [-0.39, 0.29) is 4.90 Å². The van der Waals surface area contributed by atoms with Gasteiger partial charge in [0.1, 0.15) is 0 Å². The third-order valence-corrected chi connectivity index (χ3v) is 6.76. The molecule has 8 heteroatoms. The molecule has 1 heterocycles. The third kappa shape index (κ3) is 5.20. The number of aryl methyl sites for hydroxylation is 1. The highest BCUT2D eigenvalue weighted by molar-refractivity contribution is 7.89. The summed E-state index contributed by atoms with van der Waals surface area (Å²) in [5.74, 6) is 0.720. The minimum atomic E-state index is -3.40. The van der Waals surface area contributed by atoms with Gasteiger partial charge in [-0.2, -0.15) is 0 Å². The fraction of sp³-hybridized carbons (Fsp3) is 0.318. The Morgan fingerprint density at radius 1 is 1.03 bits per heavy atom. The maximum Gasteiger partial charge on any atom is 0.242 e. The van der Waals surface area contributed by atoms with Crippen LogP contribution in [0.15, 0.2) is 70.7 Å². The predicted octanol–water partition coefficient (Wildman–Crippen LogP) is 2.65. The molecule has 0 bridgehead atoms. The van der Waals surface area contributed by atoms with Crippen molar-refractivity contribution in [2.75, 3.05) is 27.7 Å². The van der Waals surface area contributed by atoms with E-state index in [0.29, 0.717) is 6.54 Å². The highest BCUT2D eigenvalue weighted by Crippen LogP contribution is 2.15. The predicted molar refractivity (Wildman–Crippen MR) is 122 cm³/mol. The van der Waals surface area contributed by atoms with E-state index in [4.69, 9.17) is 0 Å². The van der Waals surface area contributed by atoms with E-state index in [2.05, 4.69) is 56.7 Å². The minimum Gasteiger partial charge on any atom is -0.356 e. The highest BCUT2D eigenvalue weighted by atomic mass is 32.2. The van der Waals surface area contributed by atoms with Crippen LogP contribution in [0.5, 0.6) is 0 Å². The molecule has 0 spiro atoms. The number of aliphatic imine (C=N–C) groups is 1. The second kappa shape index (κ2) is 9.77. The van der Waals surface area contributed by atoms with Crippen molar-refractivity contribution in [3.05, 3.63) is 66.4 Å². The number of benzene rings is 2. The van der Waals surface area contributed by atoms with Gasteiger partial charge in [-0.3, -0.25) is 4.99 Å². The summed E-state index contributed by atoms with van der Waals surface area (Å²) in [5, 5.41) is 7.84. The lowest BCUT2D eigenvalue weighted by atomic mass is 10.2. The van der Waals surface area contributed by atoms with E-state index in [1.54, 1.807) is 19.2 Å². The second-order valence-corrected chi connectivity index (χ2v) is 9.36. The smallest absolute Gasteiger partial charge is 0.242 e. The van der Waals surface area contributed by atoms with Gasteiger partial charge in [-0.15, -0.1) is 0 Å². The Morgan fingerprint density at radius 3 is 2.47 bits per heavy atom. The summed E-state index contributed by atoms with van der Waals surface area (Å²) in [7, 11) is 1.39. The summed E-state index contributed by atoms with van der Waals surface area (Å²) >= 11 is 0. The first-order chi connectivity index (χ1) is 14.4. The first kappa shape index (κ1) is 21.9. The fourth-order valence-corrected chi connectivity index (χ4v) is 4.09. The first-order valence-corrected chi connectivity index (χ1v) is 11.4. The Labute approximate surface area is 178 Å². The molecule has 0 aliphatic rings.